The van der Waals surface area contributed by atoms with Crippen molar-refractivity contribution in [3.63, 3.8) is 0 Å². The summed E-state index contributed by atoms with van der Waals surface area (Å²) >= 11 is 3.49. The van der Waals surface area contributed by atoms with Crippen LogP contribution in [0.1, 0.15) is 32.4 Å². The molecule has 0 spiro atoms. The molecule has 25 heavy (non-hydrogen) atoms. The van der Waals surface area contributed by atoms with Crippen LogP contribution < -0.4 is 9.80 Å². The zero-order valence-electron chi connectivity index (χ0n) is 15.2. The first-order chi connectivity index (χ1) is 11.8. The van der Waals surface area contributed by atoms with Crippen molar-refractivity contribution < 1.29 is 5.11 Å². The topological polar surface area (TPSA) is 26.7 Å². The second-order valence-corrected chi connectivity index (χ2v) is 8.73. The largest absolute Gasteiger partial charge is 0.388 e. The van der Waals surface area contributed by atoms with Gasteiger partial charge in [-0.15, -0.1) is 0 Å². The Bertz CT molecular complexity index is 683. The van der Waals surface area contributed by atoms with Gasteiger partial charge in [0.25, 0.3) is 0 Å². The normalized spacial score (nSPS) is 16.8. The fourth-order valence-electron chi connectivity index (χ4n) is 3.24. The molecular weight excluding hydrogens is 376 g/mol. The summed E-state index contributed by atoms with van der Waals surface area (Å²) in [5.41, 5.74) is 3.37. The van der Waals surface area contributed by atoms with E-state index in [0.29, 0.717) is 0 Å². The number of hydrogen-bond acceptors (Lipinski definition) is 3. The Kier molecular flexibility index (Phi) is 5.40. The molecule has 0 radical (unpaired) electrons. The Balaban J connectivity index is 1.62. The van der Waals surface area contributed by atoms with E-state index in [4.69, 9.17) is 0 Å². The molecule has 0 bridgehead atoms. The van der Waals surface area contributed by atoms with Crippen molar-refractivity contribution >= 4 is 27.3 Å². The van der Waals surface area contributed by atoms with Gasteiger partial charge in [0.15, 0.2) is 0 Å². The number of halogens is 1. The van der Waals surface area contributed by atoms with Crippen LogP contribution in [0.5, 0.6) is 0 Å². The summed E-state index contributed by atoms with van der Waals surface area (Å²) in [6, 6.07) is 16.9. The highest BCUT2D eigenvalue weighted by atomic mass is 79.9. The molecule has 2 aromatic carbocycles. The second-order valence-electron chi connectivity index (χ2n) is 7.81. The Morgan fingerprint density at radius 2 is 1.20 bits per heavy atom. The van der Waals surface area contributed by atoms with E-state index in [2.05, 4.69) is 95.0 Å². The van der Waals surface area contributed by atoms with E-state index < -0.39 is 6.10 Å². The summed E-state index contributed by atoms with van der Waals surface area (Å²) < 4.78 is 1.12. The SMILES string of the molecule is CC(C)(C)C(O)c1ccc(N2CCN(c3ccc(Br)cc3)CC2)cc1. The van der Waals surface area contributed by atoms with Crippen molar-refractivity contribution in [2.24, 2.45) is 5.41 Å². The molecule has 0 aromatic heterocycles. The lowest BCUT2D eigenvalue weighted by atomic mass is 9.85. The summed E-state index contributed by atoms with van der Waals surface area (Å²) in [5.74, 6) is 0. The molecule has 1 heterocycles. The fraction of sp³-hybridized carbons (Fsp3) is 0.429. The highest BCUT2D eigenvalue weighted by Gasteiger charge is 2.24. The van der Waals surface area contributed by atoms with E-state index in [-0.39, 0.29) is 5.41 Å². The number of benzene rings is 2. The summed E-state index contributed by atoms with van der Waals surface area (Å²) in [5, 5.41) is 10.4. The average Bonchev–Trinajstić information content (AvgIpc) is 2.61. The first-order valence-corrected chi connectivity index (χ1v) is 9.67. The van der Waals surface area contributed by atoms with Crippen LogP contribution in [0.15, 0.2) is 53.0 Å². The lowest BCUT2D eigenvalue weighted by molar-refractivity contribution is 0.0627. The molecule has 134 valence electrons. The Labute approximate surface area is 159 Å². The molecule has 1 aliphatic rings. The molecule has 4 heteroatoms. The number of aliphatic hydroxyl groups excluding tert-OH is 1. The first kappa shape index (κ1) is 18.3. The zero-order valence-corrected chi connectivity index (χ0v) is 16.8. The number of piperazine rings is 1. The molecule has 1 N–H and O–H groups in total. The maximum absolute atomic E-state index is 10.4. The van der Waals surface area contributed by atoms with Gasteiger partial charge in [0, 0.05) is 42.0 Å². The van der Waals surface area contributed by atoms with Crippen LogP contribution in [0.4, 0.5) is 11.4 Å². The van der Waals surface area contributed by atoms with Crippen LogP contribution in [0, 0.1) is 5.41 Å². The molecule has 1 aliphatic heterocycles. The lowest BCUT2D eigenvalue weighted by Gasteiger charge is -2.37. The van der Waals surface area contributed by atoms with E-state index in [1.807, 2.05) is 0 Å². The summed E-state index contributed by atoms with van der Waals surface area (Å²) in [4.78, 5) is 4.85. The average molecular weight is 403 g/mol. The van der Waals surface area contributed by atoms with Crippen LogP contribution in [0.3, 0.4) is 0 Å². The van der Waals surface area contributed by atoms with E-state index in [1.54, 1.807) is 0 Å². The number of hydrogen-bond donors (Lipinski definition) is 1. The van der Waals surface area contributed by atoms with Crippen molar-refractivity contribution in [1.82, 2.24) is 0 Å². The van der Waals surface area contributed by atoms with Gasteiger partial charge in [-0.1, -0.05) is 48.8 Å². The van der Waals surface area contributed by atoms with Crippen LogP contribution in [0.2, 0.25) is 0 Å². The van der Waals surface area contributed by atoms with Gasteiger partial charge in [-0.3, -0.25) is 0 Å². The van der Waals surface area contributed by atoms with Crippen molar-refractivity contribution in [3.05, 3.63) is 58.6 Å². The molecule has 3 nitrogen and oxygen atoms in total. The molecule has 1 saturated heterocycles. The standard InChI is InChI=1S/C21H27BrN2O/c1-21(2,3)20(25)16-4-8-18(9-5-16)23-12-14-24(15-13-23)19-10-6-17(22)7-11-19/h4-11,20,25H,12-15H2,1-3H3. The number of anilines is 2. The molecule has 1 fully saturated rings. The first-order valence-electron chi connectivity index (χ1n) is 8.88. The zero-order chi connectivity index (χ0) is 18.0. The summed E-state index contributed by atoms with van der Waals surface area (Å²) in [7, 11) is 0. The third-order valence-corrected chi connectivity index (χ3v) is 5.39. The quantitative estimate of drug-likeness (QED) is 0.793. The van der Waals surface area contributed by atoms with Crippen molar-refractivity contribution in [2.45, 2.75) is 26.9 Å². The predicted molar refractivity (Wildman–Crippen MR) is 109 cm³/mol. The van der Waals surface area contributed by atoms with Crippen LogP contribution in [-0.2, 0) is 0 Å². The van der Waals surface area contributed by atoms with Gasteiger partial charge in [-0.25, -0.2) is 0 Å². The molecule has 0 saturated carbocycles. The Morgan fingerprint density at radius 3 is 1.60 bits per heavy atom. The van der Waals surface area contributed by atoms with Gasteiger partial charge < -0.3 is 14.9 Å². The van der Waals surface area contributed by atoms with E-state index >= 15 is 0 Å². The summed E-state index contributed by atoms with van der Waals surface area (Å²) in [6.07, 6.45) is -0.434. The van der Waals surface area contributed by atoms with Gasteiger partial charge in [0.2, 0.25) is 0 Å². The predicted octanol–water partition coefficient (Wildman–Crippen LogP) is 4.86. The molecule has 2 aromatic rings. The molecule has 0 amide bonds. The molecule has 1 unspecified atom stereocenters. The van der Waals surface area contributed by atoms with E-state index in [1.165, 1.54) is 11.4 Å². The van der Waals surface area contributed by atoms with Crippen molar-refractivity contribution in [3.8, 4) is 0 Å². The smallest absolute Gasteiger partial charge is 0.0838 e. The molecule has 3 rings (SSSR count). The fourth-order valence-corrected chi connectivity index (χ4v) is 3.51. The second kappa shape index (κ2) is 7.38. The van der Waals surface area contributed by atoms with Crippen LogP contribution >= 0.6 is 15.9 Å². The van der Waals surface area contributed by atoms with Crippen LogP contribution in [0.25, 0.3) is 0 Å². The van der Waals surface area contributed by atoms with Gasteiger partial charge in [0.05, 0.1) is 6.10 Å². The van der Waals surface area contributed by atoms with E-state index in [9.17, 15) is 5.11 Å². The maximum Gasteiger partial charge on any atom is 0.0838 e. The lowest BCUT2D eigenvalue weighted by Crippen LogP contribution is -2.46. The Hall–Kier alpha value is -1.52. The van der Waals surface area contributed by atoms with Crippen molar-refractivity contribution in [2.75, 3.05) is 36.0 Å². The van der Waals surface area contributed by atoms with Gasteiger partial charge in [0.1, 0.15) is 0 Å². The minimum absolute atomic E-state index is 0.141. The monoisotopic (exact) mass is 402 g/mol. The molecular formula is C21H27BrN2O. The Morgan fingerprint density at radius 1 is 0.800 bits per heavy atom. The van der Waals surface area contributed by atoms with Gasteiger partial charge >= 0.3 is 0 Å². The minimum atomic E-state index is -0.434. The number of rotatable bonds is 3. The molecule has 0 aliphatic carbocycles. The highest BCUT2D eigenvalue weighted by molar-refractivity contribution is 9.10. The van der Waals surface area contributed by atoms with Crippen molar-refractivity contribution in [1.29, 1.82) is 0 Å². The third kappa shape index (κ3) is 4.36. The third-order valence-electron chi connectivity index (χ3n) is 4.87. The minimum Gasteiger partial charge on any atom is -0.388 e. The molecule has 1 atom stereocenters. The summed E-state index contributed by atoms with van der Waals surface area (Å²) in [6.45, 7) is 10.3. The van der Waals surface area contributed by atoms with Gasteiger partial charge in [-0.2, -0.15) is 0 Å². The number of aliphatic hydroxyl groups is 1. The number of nitrogens with zero attached hydrogens (tertiary/aromatic N) is 2. The van der Waals surface area contributed by atoms with E-state index in [0.717, 1.165) is 36.2 Å². The van der Waals surface area contributed by atoms with Gasteiger partial charge in [-0.05, 0) is 47.4 Å². The highest BCUT2D eigenvalue weighted by Crippen LogP contribution is 2.33. The maximum atomic E-state index is 10.4. The van der Waals surface area contributed by atoms with Crippen LogP contribution in [-0.4, -0.2) is 31.3 Å².